The molecule has 1 atom stereocenters. The number of amides is 2. The molecule has 1 aromatic carbocycles. The molecule has 0 bridgehead atoms. The quantitative estimate of drug-likeness (QED) is 0.930. The van der Waals surface area contributed by atoms with Crippen molar-refractivity contribution in [2.45, 2.75) is 31.8 Å². The number of carboxylic acids is 1. The maximum atomic E-state index is 13.6. The summed E-state index contributed by atoms with van der Waals surface area (Å²) in [5.74, 6) is -1.35. The molecule has 1 N–H and O–H groups in total. The summed E-state index contributed by atoms with van der Waals surface area (Å²) in [5.41, 5.74) is 0.414. The molecule has 1 aliphatic heterocycles. The molecule has 114 valence electrons. The van der Waals surface area contributed by atoms with Crippen LogP contribution in [0, 0.1) is 5.82 Å². The molecule has 1 aliphatic rings. The van der Waals surface area contributed by atoms with E-state index in [2.05, 4.69) is 0 Å². The second-order valence-electron chi connectivity index (χ2n) is 5.27. The van der Waals surface area contributed by atoms with Crippen LogP contribution in [0.1, 0.15) is 24.8 Å². The molecule has 2 rings (SSSR count). The number of urea groups is 1. The van der Waals surface area contributed by atoms with Gasteiger partial charge in [-0.1, -0.05) is 18.2 Å². The smallest absolute Gasteiger partial charge is 0.326 e. The van der Waals surface area contributed by atoms with Crippen molar-refractivity contribution < 1.29 is 19.1 Å². The number of hydrogen-bond acceptors (Lipinski definition) is 2. The highest BCUT2D eigenvalue weighted by atomic mass is 19.1. The number of carbonyl (C=O) groups is 2. The van der Waals surface area contributed by atoms with E-state index in [1.165, 1.54) is 15.9 Å². The van der Waals surface area contributed by atoms with E-state index < -0.39 is 12.0 Å². The summed E-state index contributed by atoms with van der Waals surface area (Å²) in [6, 6.07) is 5.10. The van der Waals surface area contributed by atoms with Gasteiger partial charge in [0, 0.05) is 25.7 Å². The molecule has 2 amide bonds. The van der Waals surface area contributed by atoms with Crippen molar-refractivity contribution in [2.24, 2.45) is 0 Å². The zero-order valence-corrected chi connectivity index (χ0v) is 12.0. The Kier molecular flexibility index (Phi) is 4.77. The minimum atomic E-state index is -0.984. The topological polar surface area (TPSA) is 60.9 Å². The normalized spacial score (nSPS) is 18.4. The van der Waals surface area contributed by atoms with E-state index in [9.17, 15) is 19.1 Å². The number of carbonyl (C=O) groups excluding carboxylic acids is 1. The molecule has 0 radical (unpaired) electrons. The summed E-state index contributed by atoms with van der Waals surface area (Å²) >= 11 is 0. The Morgan fingerprint density at radius 1 is 1.38 bits per heavy atom. The molecule has 0 aliphatic carbocycles. The maximum Gasteiger partial charge on any atom is 0.326 e. The van der Waals surface area contributed by atoms with Crippen LogP contribution in [0.2, 0.25) is 0 Å². The van der Waals surface area contributed by atoms with Crippen LogP contribution in [0.15, 0.2) is 24.3 Å². The standard InChI is InChI=1S/C15H19FN2O3/c1-17(10-11-6-2-3-7-12(11)16)15(21)18-9-5-4-8-13(18)14(19)20/h2-3,6-7,13H,4-5,8-10H2,1H3,(H,19,20). The molecule has 1 unspecified atom stereocenters. The summed E-state index contributed by atoms with van der Waals surface area (Å²) in [4.78, 5) is 26.4. The number of rotatable bonds is 3. The van der Waals surface area contributed by atoms with E-state index in [1.54, 1.807) is 25.2 Å². The Hall–Kier alpha value is -2.11. The van der Waals surface area contributed by atoms with Gasteiger partial charge in [-0.25, -0.2) is 14.0 Å². The van der Waals surface area contributed by atoms with Gasteiger partial charge in [-0.2, -0.15) is 0 Å². The summed E-state index contributed by atoms with van der Waals surface area (Å²) in [6.45, 7) is 0.547. The number of aliphatic carboxylic acids is 1. The number of nitrogens with zero attached hydrogens (tertiary/aromatic N) is 2. The first-order valence-electron chi connectivity index (χ1n) is 6.98. The molecule has 0 saturated carbocycles. The lowest BCUT2D eigenvalue weighted by molar-refractivity contribution is -0.143. The Balaban J connectivity index is 2.07. The fourth-order valence-electron chi connectivity index (χ4n) is 2.59. The van der Waals surface area contributed by atoms with E-state index >= 15 is 0 Å². The van der Waals surface area contributed by atoms with E-state index in [-0.39, 0.29) is 18.4 Å². The van der Waals surface area contributed by atoms with Gasteiger partial charge in [-0.3, -0.25) is 0 Å². The van der Waals surface area contributed by atoms with Crippen molar-refractivity contribution in [3.63, 3.8) is 0 Å². The largest absolute Gasteiger partial charge is 0.480 e. The van der Waals surface area contributed by atoms with Crippen LogP contribution in [0.25, 0.3) is 0 Å². The molecule has 21 heavy (non-hydrogen) atoms. The summed E-state index contributed by atoms with van der Waals surface area (Å²) < 4.78 is 13.6. The first-order valence-corrected chi connectivity index (χ1v) is 6.98. The van der Waals surface area contributed by atoms with Crippen LogP contribution in [-0.4, -0.2) is 46.5 Å². The first kappa shape index (κ1) is 15.3. The molecule has 0 aromatic heterocycles. The molecule has 1 heterocycles. The molecule has 5 nitrogen and oxygen atoms in total. The second kappa shape index (κ2) is 6.56. The highest BCUT2D eigenvalue weighted by Gasteiger charge is 2.33. The number of likely N-dealkylation sites (tertiary alicyclic amines) is 1. The van der Waals surface area contributed by atoms with Crippen LogP contribution in [0.5, 0.6) is 0 Å². The lowest BCUT2D eigenvalue weighted by Crippen LogP contribution is -2.52. The summed E-state index contributed by atoms with van der Waals surface area (Å²) in [6.07, 6.45) is 2.06. The monoisotopic (exact) mass is 294 g/mol. The van der Waals surface area contributed by atoms with Crippen LogP contribution in [0.3, 0.4) is 0 Å². The highest BCUT2D eigenvalue weighted by molar-refractivity contribution is 5.82. The fourth-order valence-corrected chi connectivity index (χ4v) is 2.59. The zero-order chi connectivity index (χ0) is 15.4. The van der Waals surface area contributed by atoms with Crippen molar-refractivity contribution >= 4 is 12.0 Å². The Bertz CT molecular complexity index is 535. The average Bonchev–Trinajstić information content (AvgIpc) is 2.48. The van der Waals surface area contributed by atoms with E-state index in [0.29, 0.717) is 18.5 Å². The highest BCUT2D eigenvalue weighted by Crippen LogP contribution is 2.19. The summed E-state index contributed by atoms with van der Waals surface area (Å²) in [5, 5.41) is 9.20. The molecule has 1 fully saturated rings. The average molecular weight is 294 g/mol. The van der Waals surface area contributed by atoms with E-state index in [0.717, 1.165) is 12.8 Å². The predicted molar refractivity (Wildman–Crippen MR) is 75.2 cm³/mol. The van der Waals surface area contributed by atoms with Crippen molar-refractivity contribution in [1.29, 1.82) is 0 Å². The SMILES string of the molecule is CN(Cc1ccccc1F)C(=O)N1CCCCC1C(=O)O. The van der Waals surface area contributed by atoms with Crippen molar-refractivity contribution in [2.75, 3.05) is 13.6 Å². The molecular formula is C15H19FN2O3. The van der Waals surface area contributed by atoms with Crippen LogP contribution in [0.4, 0.5) is 9.18 Å². The van der Waals surface area contributed by atoms with Gasteiger partial charge >= 0.3 is 12.0 Å². The number of hydrogen-bond donors (Lipinski definition) is 1. The maximum absolute atomic E-state index is 13.6. The van der Waals surface area contributed by atoms with Crippen LogP contribution < -0.4 is 0 Å². The molecule has 6 heteroatoms. The van der Waals surface area contributed by atoms with E-state index in [1.807, 2.05) is 0 Å². The van der Waals surface area contributed by atoms with Gasteiger partial charge < -0.3 is 14.9 Å². The minimum Gasteiger partial charge on any atom is -0.480 e. The number of carboxylic acid groups (broad SMARTS) is 1. The fraction of sp³-hybridized carbons (Fsp3) is 0.467. The Morgan fingerprint density at radius 3 is 2.76 bits per heavy atom. The molecule has 1 saturated heterocycles. The van der Waals surface area contributed by atoms with Crippen molar-refractivity contribution in [3.8, 4) is 0 Å². The van der Waals surface area contributed by atoms with Gasteiger partial charge in [0.15, 0.2) is 0 Å². The number of halogens is 1. The molecular weight excluding hydrogens is 275 g/mol. The van der Waals surface area contributed by atoms with Gasteiger partial charge in [0.2, 0.25) is 0 Å². The van der Waals surface area contributed by atoms with E-state index in [4.69, 9.17) is 0 Å². The lowest BCUT2D eigenvalue weighted by Gasteiger charge is -2.35. The van der Waals surface area contributed by atoms with Crippen molar-refractivity contribution in [3.05, 3.63) is 35.6 Å². The predicted octanol–water partition coefficient (Wildman–Crippen LogP) is 2.32. The Morgan fingerprint density at radius 2 is 2.10 bits per heavy atom. The minimum absolute atomic E-state index is 0.119. The third-order valence-electron chi connectivity index (χ3n) is 3.73. The van der Waals surface area contributed by atoms with Crippen LogP contribution >= 0.6 is 0 Å². The van der Waals surface area contributed by atoms with Gasteiger partial charge in [-0.05, 0) is 25.3 Å². The number of benzene rings is 1. The third-order valence-corrected chi connectivity index (χ3v) is 3.73. The first-order chi connectivity index (χ1) is 10.0. The summed E-state index contributed by atoms with van der Waals surface area (Å²) in [7, 11) is 1.56. The molecule has 1 aromatic rings. The zero-order valence-electron chi connectivity index (χ0n) is 12.0. The van der Waals surface area contributed by atoms with Crippen molar-refractivity contribution in [1.82, 2.24) is 9.80 Å². The number of piperidine rings is 1. The lowest BCUT2D eigenvalue weighted by atomic mass is 10.0. The third kappa shape index (κ3) is 3.51. The molecule has 0 spiro atoms. The van der Waals surface area contributed by atoms with Gasteiger partial charge in [0.1, 0.15) is 11.9 Å². The Labute approximate surface area is 123 Å². The van der Waals surface area contributed by atoms with Crippen LogP contribution in [-0.2, 0) is 11.3 Å². The van der Waals surface area contributed by atoms with Gasteiger partial charge in [0.25, 0.3) is 0 Å². The van der Waals surface area contributed by atoms with Gasteiger partial charge in [0.05, 0.1) is 0 Å². The van der Waals surface area contributed by atoms with Gasteiger partial charge in [-0.15, -0.1) is 0 Å². The second-order valence-corrected chi connectivity index (χ2v) is 5.27.